The van der Waals surface area contributed by atoms with Crippen molar-refractivity contribution in [3.8, 4) is 0 Å². The minimum atomic E-state index is 0.305. The van der Waals surface area contributed by atoms with E-state index in [0.29, 0.717) is 6.04 Å². The second kappa shape index (κ2) is 6.86. The van der Waals surface area contributed by atoms with Crippen molar-refractivity contribution in [2.24, 2.45) is 0 Å². The van der Waals surface area contributed by atoms with Crippen LogP contribution >= 0.6 is 11.8 Å². The van der Waals surface area contributed by atoms with Gasteiger partial charge in [-0.25, -0.2) is 0 Å². The number of hydrogen-bond donors (Lipinski definition) is 1. The average Bonchev–Trinajstić information content (AvgIpc) is 2.82. The van der Waals surface area contributed by atoms with Gasteiger partial charge >= 0.3 is 0 Å². The zero-order chi connectivity index (χ0) is 12.8. The number of hydrogen-bond acceptors (Lipinski definition) is 3. The summed E-state index contributed by atoms with van der Waals surface area (Å²) in [5, 5.41) is 4.53. The molecule has 0 spiro atoms. The van der Waals surface area contributed by atoms with Gasteiger partial charge in [0.25, 0.3) is 0 Å². The van der Waals surface area contributed by atoms with E-state index in [0.717, 1.165) is 17.1 Å². The Morgan fingerprint density at radius 3 is 2.89 bits per heavy atom. The van der Waals surface area contributed by atoms with E-state index in [-0.39, 0.29) is 0 Å². The Kier molecular flexibility index (Phi) is 5.14. The molecule has 0 aliphatic heterocycles. The van der Waals surface area contributed by atoms with Crippen LogP contribution in [-0.4, -0.2) is 18.6 Å². The van der Waals surface area contributed by atoms with Gasteiger partial charge < -0.3 is 9.73 Å². The molecule has 1 aromatic carbocycles. The van der Waals surface area contributed by atoms with Gasteiger partial charge in [-0.1, -0.05) is 31.5 Å². The molecule has 0 bridgehead atoms. The number of rotatable bonds is 7. The fourth-order valence-corrected chi connectivity index (χ4v) is 3.16. The standard InChI is InChI=1S/C15H21NOS/c1-3-4-9-18-11-13(16-2)15-10-12-7-5-6-8-14(12)17-15/h5-8,10,13,16H,3-4,9,11H2,1-2H3. The van der Waals surface area contributed by atoms with E-state index < -0.39 is 0 Å². The van der Waals surface area contributed by atoms with Crippen LogP contribution in [0, 0.1) is 0 Å². The normalized spacial score (nSPS) is 13.0. The summed E-state index contributed by atoms with van der Waals surface area (Å²) in [6.07, 6.45) is 2.56. The van der Waals surface area contributed by atoms with E-state index in [1.165, 1.54) is 24.0 Å². The molecule has 2 rings (SSSR count). The molecule has 0 aliphatic rings. The molecule has 18 heavy (non-hydrogen) atoms. The van der Waals surface area contributed by atoms with Crippen LogP contribution in [0.5, 0.6) is 0 Å². The molecule has 0 radical (unpaired) electrons. The number of benzene rings is 1. The number of fused-ring (bicyclic) bond motifs is 1. The maximum Gasteiger partial charge on any atom is 0.134 e. The topological polar surface area (TPSA) is 25.2 Å². The van der Waals surface area contributed by atoms with Gasteiger partial charge in [-0.05, 0) is 31.4 Å². The van der Waals surface area contributed by atoms with Crippen LogP contribution in [0.15, 0.2) is 34.7 Å². The molecule has 2 aromatic rings. The van der Waals surface area contributed by atoms with Crippen molar-refractivity contribution in [2.75, 3.05) is 18.6 Å². The predicted octanol–water partition coefficient (Wildman–Crippen LogP) is 4.23. The van der Waals surface area contributed by atoms with Gasteiger partial charge in [-0.15, -0.1) is 0 Å². The Morgan fingerprint density at radius 1 is 1.33 bits per heavy atom. The monoisotopic (exact) mass is 263 g/mol. The lowest BCUT2D eigenvalue weighted by atomic mass is 10.2. The van der Waals surface area contributed by atoms with Crippen LogP contribution in [0.25, 0.3) is 11.0 Å². The first-order valence-electron chi connectivity index (χ1n) is 6.58. The van der Waals surface area contributed by atoms with Crippen molar-refractivity contribution in [1.82, 2.24) is 5.32 Å². The van der Waals surface area contributed by atoms with E-state index in [1.54, 1.807) is 0 Å². The Bertz CT molecular complexity index is 447. The van der Waals surface area contributed by atoms with Crippen LogP contribution < -0.4 is 5.32 Å². The summed E-state index contributed by atoms with van der Waals surface area (Å²) in [5.41, 5.74) is 0.978. The van der Waals surface area contributed by atoms with Crippen molar-refractivity contribution in [3.63, 3.8) is 0 Å². The van der Waals surface area contributed by atoms with Crippen LogP contribution in [0.2, 0.25) is 0 Å². The first-order valence-corrected chi connectivity index (χ1v) is 7.74. The predicted molar refractivity (Wildman–Crippen MR) is 80.2 cm³/mol. The van der Waals surface area contributed by atoms with E-state index >= 15 is 0 Å². The van der Waals surface area contributed by atoms with Gasteiger partial charge in [-0.2, -0.15) is 11.8 Å². The van der Waals surface area contributed by atoms with Crippen molar-refractivity contribution in [1.29, 1.82) is 0 Å². The minimum Gasteiger partial charge on any atom is -0.459 e. The van der Waals surface area contributed by atoms with E-state index in [1.807, 2.05) is 37.0 Å². The Balaban J connectivity index is 2.02. The first kappa shape index (κ1) is 13.5. The lowest BCUT2D eigenvalue weighted by Gasteiger charge is -2.12. The molecule has 1 N–H and O–H groups in total. The van der Waals surface area contributed by atoms with E-state index in [9.17, 15) is 0 Å². The Labute approximate surface area is 113 Å². The number of unbranched alkanes of at least 4 members (excludes halogenated alkanes) is 1. The SMILES string of the molecule is CCCCSCC(NC)c1cc2ccccc2o1. The molecular formula is C15H21NOS. The second-order valence-corrected chi connectivity index (χ2v) is 5.61. The smallest absolute Gasteiger partial charge is 0.134 e. The summed E-state index contributed by atoms with van der Waals surface area (Å²) in [5.74, 6) is 3.34. The van der Waals surface area contributed by atoms with Crippen molar-refractivity contribution < 1.29 is 4.42 Å². The number of furan rings is 1. The van der Waals surface area contributed by atoms with Crippen molar-refractivity contribution in [3.05, 3.63) is 36.1 Å². The molecule has 1 atom stereocenters. The molecular weight excluding hydrogens is 242 g/mol. The van der Waals surface area contributed by atoms with Crippen LogP contribution in [-0.2, 0) is 0 Å². The van der Waals surface area contributed by atoms with Crippen LogP contribution in [0.1, 0.15) is 31.6 Å². The summed E-state index contributed by atoms with van der Waals surface area (Å²) in [6, 6.07) is 10.6. The molecule has 1 aromatic heterocycles. The third kappa shape index (κ3) is 3.30. The van der Waals surface area contributed by atoms with Crippen molar-refractivity contribution in [2.45, 2.75) is 25.8 Å². The van der Waals surface area contributed by atoms with Crippen molar-refractivity contribution >= 4 is 22.7 Å². The summed E-state index contributed by atoms with van der Waals surface area (Å²) in [7, 11) is 2.00. The third-order valence-electron chi connectivity index (χ3n) is 3.06. The first-order chi connectivity index (χ1) is 8.85. The van der Waals surface area contributed by atoms with Gasteiger partial charge in [0.05, 0.1) is 6.04 Å². The minimum absolute atomic E-state index is 0.305. The van der Waals surface area contributed by atoms with E-state index in [2.05, 4.69) is 24.4 Å². The lowest BCUT2D eigenvalue weighted by molar-refractivity contribution is 0.479. The van der Waals surface area contributed by atoms with Gasteiger partial charge in [0.15, 0.2) is 0 Å². The molecule has 98 valence electrons. The Morgan fingerprint density at radius 2 is 2.17 bits per heavy atom. The second-order valence-electron chi connectivity index (χ2n) is 4.46. The highest BCUT2D eigenvalue weighted by atomic mass is 32.2. The summed E-state index contributed by atoms with van der Waals surface area (Å²) < 4.78 is 5.90. The molecule has 0 amide bonds. The third-order valence-corrected chi connectivity index (χ3v) is 4.21. The number of para-hydroxylation sites is 1. The van der Waals surface area contributed by atoms with E-state index in [4.69, 9.17) is 4.42 Å². The maximum absolute atomic E-state index is 5.90. The zero-order valence-corrected chi connectivity index (χ0v) is 11.9. The number of thioether (sulfide) groups is 1. The van der Waals surface area contributed by atoms with Crippen LogP contribution in [0.3, 0.4) is 0 Å². The molecule has 1 unspecified atom stereocenters. The molecule has 0 aliphatic carbocycles. The number of nitrogens with one attached hydrogen (secondary N) is 1. The maximum atomic E-state index is 5.90. The highest BCUT2D eigenvalue weighted by Gasteiger charge is 2.14. The highest BCUT2D eigenvalue weighted by Crippen LogP contribution is 2.26. The van der Waals surface area contributed by atoms with Crippen LogP contribution in [0.4, 0.5) is 0 Å². The van der Waals surface area contributed by atoms with Gasteiger partial charge in [0.2, 0.25) is 0 Å². The molecule has 3 heteroatoms. The van der Waals surface area contributed by atoms with Gasteiger partial charge in [0.1, 0.15) is 11.3 Å². The fraction of sp³-hybridized carbons (Fsp3) is 0.467. The Hall–Kier alpha value is -0.930. The van der Waals surface area contributed by atoms with Gasteiger partial charge in [-0.3, -0.25) is 0 Å². The molecule has 1 heterocycles. The average molecular weight is 263 g/mol. The largest absolute Gasteiger partial charge is 0.459 e. The van der Waals surface area contributed by atoms with Gasteiger partial charge in [0, 0.05) is 11.1 Å². The molecule has 0 saturated heterocycles. The summed E-state index contributed by atoms with van der Waals surface area (Å²) in [4.78, 5) is 0. The zero-order valence-electron chi connectivity index (χ0n) is 11.1. The molecule has 2 nitrogen and oxygen atoms in total. The molecule has 0 saturated carbocycles. The quantitative estimate of drug-likeness (QED) is 0.757. The fourth-order valence-electron chi connectivity index (χ4n) is 1.93. The summed E-state index contributed by atoms with van der Waals surface area (Å²) >= 11 is 1.99. The molecule has 0 fully saturated rings. The summed E-state index contributed by atoms with van der Waals surface area (Å²) in [6.45, 7) is 2.23. The highest BCUT2D eigenvalue weighted by molar-refractivity contribution is 7.99. The lowest BCUT2D eigenvalue weighted by Crippen LogP contribution is -2.18.